The number of carboxylic acid groups (broad SMARTS) is 2. The van der Waals surface area contributed by atoms with E-state index in [9.17, 15) is 0 Å². The van der Waals surface area contributed by atoms with Crippen molar-refractivity contribution < 1.29 is 34.0 Å². The lowest BCUT2D eigenvalue weighted by molar-refractivity contribution is -0.159. The average molecular weight is 383 g/mol. The van der Waals surface area contributed by atoms with E-state index in [1.807, 2.05) is 25.1 Å². The molecule has 0 spiro atoms. The Hall–Kier alpha value is -2.32. The van der Waals surface area contributed by atoms with E-state index >= 15 is 0 Å². The van der Waals surface area contributed by atoms with E-state index in [1.54, 1.807) is 7.11 Å². The van der Waals surface area contributed by atoms with E-state index in [0.717, 1.165) is 37.6 Å². The molecule has 0 saturated carbocycles. The van der Waals surface area contributed by atoms with Crippen LogP contribution in [0, 0.1) is 6.92 Å². The highest BCUT2D eigenvalue weighted by Crippen LogP contribution is 2.27. The second kappa shape index (κ2) is 11.4. The number of rotatable bonds is 6. The van der Waals surface area contributed by atoms with Gasteiger partial charge in [0.05, 0.1) is 25.9 Å². The zero-order valence-electron chi connectivity index (χ0n) is 16.3. The van der Waals surface area contributed by atoms with E-state index in [2.05, 4.69) is 18.7 Å². The van der Waals surface area contributed by atoms with Gasteiger partial charge in [0.2, 0.25) is 0 Å². The second-order valence-corrected chi connectivity index (χ2v) is 6.48. The predicted molar refractivity (Wildman–Crippen MR) is 99.6 cm³/mol. The number of carbonyl (C=O) groups is 2. The summed E-state index contributed by atoms with van der Waals surface area (Å²) in [7, 11) is 1.68. The van der Waals surface area contributed by atoms with Gasteiger partial charge in [0.15, 0.2) is 11.5 Å². The third-order valence-corrected chi connectivity index (χ3v) is 3.87. The lowest BCUT2D eigenvalue weighted by atomic mass is 10.2. The molecule has 27 heavy (non-hydrogen) atoms. The average Bonchev–Trinajstić information content (AvgIpc) is 2.59. The molecule has 8 heteroatoms. The number of aliphatic carboxylic acids is 2. The van der Waals surface area contributed by atoms with Crippen LogP contribution < -0.4 is 9.47 Å². The molecule has 152 valence electrons. The second-order valence-electron chi connectivity index (χ2n) is 6.48. The SMILES string of the molecule is COc1cc(C)ccc1OCCCN1CC(C)OC(C)C1.O=C(O)C(=O)O. The molecular formula is C19H29NO7. The Balaban J connectivity index is 0.000000527. The quantitative estimate of drug-likeness (QED) is 0.568. The highest BCUT2D eigenvalue weighted by molar-refractivity contribution is 6.27. The maximum atomic E-state index is 9.10. The van der Waals surface area contributed by atoms with Gasteiger partial charge < -0.3 is 24.4 Å². The number of benzene rings is 1. The molecule has 1 aromatic carbocycles. The molecule has 1 saturated heterocycles. The predicted octanol–water partition coefficient (Wildman–Crippen LogP) is 2.04. The van der Waals surface area contributed by atoms with Crippen LogP contribution in [0.3, 0.4) is 0 Å². The van der Waals surface area contributed by atoms with E-state index in [0.29, 0.717) is 18.8 Å². The number of morpholine rings is 1. The molecule has 2 rings (SSSR count). The van der Waals surface area contributed by atoms with Gasteiger partial charge in [-0.15, -0.1) is 0 Å². The molecule has 1 fully saturated rings. The number of ether oxygens (including phenoxy) is 3. The summed E-state index contributed by atoms with van der Waals surface area (Å²) in [4.78, 5) is 20.7. The van der Waals surface area contributed by atoms with Crippen LogP contribution in [-0.4, -0.2) is 72.6 Å². The molecule has 0 bridgehead atoms. The Kier molecular flexibility index (Phi) is 9.60. The van der Waals surface area contributed by atoms with Crippen LogP contribution in [0.1, 0.15) is 25.8 Å². The fourth-order valence-corrected chi connectivity index (χ4v) is 2.83. The van der Waals surface area contributed by atoms with E-state index in [4.69, 9.17) is 34.0 Å². The molecule has 1 aliphatic heterocycles. The van der Waals surface area contributed by atoms with Crippen LogP contribution in [0.15, 0.2) is 18.2 Å². The smallest absolute Gasteiger partial charge is 0.414 e. The summed E-state index contributed by atoms with van der Waals surface area (Å²) < 4.78 is 16.9. The lowest BCUT2D eigenvalue weighted by Gasteiger charge is -2.35. The summed E-state index contributed by atoms with van der Waals surface area (Å²) >= 11 is 0. The third-order valence-electron chi connectivity index (χ3n) is 3.87. The molecule has 2 N–H and O–H groups in total. The Bertz CT molecular complexity index is 598. The highest BCUT2D eigenvalue weighted by Gasteiger charge is 2.21. The van der Waals surface area contributed by atoms with Gasteiger partial charge in [-0.25, -0.2) is 9.59 Å². The van der Waals surface area contributed by atoms with Gasteiger partial charge in [0, 0.05) is 19.6 Å². The first-order valence-electron chi connectivity index (χ1n) is 8.84. The normalized spacial score (nSPS) is 19.6. The number of nitrogens with zero attached hydrogens (tertiary/aromatic N) is 1. The molecular weight excluding hydrogens is 354 g/mol. The Morgan fingerprint density at radius 3 is 2.26 bits per heavy atom. The molecule has 0 amide bonds. The maximum Gasteiger partial charge on any atom is 0.414 e. The van der Waals surface area contributed by atoms with Gasteiger partial charge in [-0.1, -0.05) is 6.07 Å². The van der Waals surface area contributed by atoms with Gasteiger partial charge in [-0.05, 0) is 44.9 Å². The zero-order chi connectivity index (χ0) is 20.4. The largest absolute Gasteiger partial charge is 0.493 e. The number of hydrogen-bond donors (Lipinski definition) is 2. The molecule has 0 aromatic heterocycles. The lowest BCUT2D eigenvalue weighted by Crippen LogP contribution is -2.45. The standard InChI is InChI=1S/C17H27NO3.C2H2O4/c1-13-6-7-16(17(10-13)19-4)20-9-5-8-18-11-14(2)21-15(3)12-18;3-1(4)2(5)6/h6-7,10,14-15H,5,8-9,11-12H2,1-4H3;(H,3,4)(H,5,6). The van der Waals surface area contributed by atoms with Crippen molar-refractivity contribution in [2.24, 2.45) is 0 Å². The fourth-order valence-electron chi connectivity index (χ4n) is 2.83. The van der Waals surface area contributed by atoms with Crippen molar-refractivity contribution >= 4 is 11.9 Å². The molecule has 0 aliphatic carbocycles. The van der Waals surface area contributed by atoms with Crippen molar-refractivity contribution in [2.75, 3.05) is 33.4 Å². The minimum Gasteiger partial charge on any atom is -0.493 e. The zero-order valence-corrected chi connectivity index (χ0v) is 16.3. The minimum atomic E-state index is -1.82. The van der Waals surface area contributed by atoms with Gasteiger partial charge in [-0.2, -0.15) is 0 Å². The van der Waals surface area contributed by atoms with Crippen molar-refractivity contribution in [1.82, 2.24) is 4.90 Å². The summed E-state index contributed by atoms with van der Waals surface area (Å²) in [6.45, 7) is 10.1. The summed E-state index contributed by atoms with van der Waals surface area (Å²) in [5.74, 6) is -2.01. The van der Waals surface area contributed by atoms with Crippen LogP contribution in [-0.2, 0) is 14.3 Å². The van der Waals surface area contributed by atoms with E-state index in [-0.39, 0.29) is 0 Å². The first-order chi connectivity index (χ1) is 12.7. The van der Waals surface area contributed by atoms with Crippen molar-refractivity contribution in [3.63, 3.8) is 0 Å². The topological polar surface area (TPSA) is 106 Å². The molecule has 8 nitrogen and oxygen atoms in total. The maximum absolute atomic E-state index is 9.10. The molecule has 1 aromatic rings. The number of methoxy groups -OCH3 is 1. The Morgan fingerprint density at radius 1 is 1.15 bits per heavy atom. The molecule has 1 aliphatic rings. The van der Waals surface area contributed by atoms with Crippen LogP contribution >= 0.6 is 0 Å². The van der Waals surface area contributed by atoms with Gasteiger partial charge in [0.1, 0.15) is 0 Å². The molecule has 1 heterocycles. The first kappa shape index (κ1) is 22.7. The van der Waals surface area contributed by atoms with Crippen molar-refractivity contribution in [3.8, 4) is 11.5 Å². The third kappa shape index (κ3) is 8.74. The fraction of sp³-hybridized carbons (Fsp3) is 0.579. The number of carboxylic acids is 2. The molecule has 0 radical (unpaired) electrons. The summed E-state index contributed by atoms with van der Waals surface area (Å²) in [5, 5.41) is 14.8. The van der Waals surface area contributed by atoms with Crippen LogP contribution in [0.5, 0.6) is 11.5 Å². The Morgan fingerprint density at radius 2 is 1.74 bits per heavy atom. The van der Waals surface area contributed by atoms with Crippen molar-refractivity contribution in [2.45, 2.75) is 39.4 Å². The minimum absolute atomic E-state index is 0.326. The monoisotopic (exact) mass is 383 g/mol. The van der Waals surface area contributed by atoms with Crippen molar-refractivity contribution in [3.05, 3.63) is 23.8 Å². The van der Waals surface area contributed by atoms with Crippen LogP contribution in [0.2, 0.25) is 0 Å². The molecule has 2 unspecified atom stereocenters. The van der Waals surface area contributed by atoms with Gasteiger partial charge >= 0.3 is 11.9 Å². The Labute approximate surface area is 159 Å². The van der Waals surface area contributed by atoms with Gasteiger partial charge in [0.25, 0.3) is 0 Å². The summed E-state index contributed by atoms with van der Waals surface area (Å²) in [6, 6.07) is 6.02. The highest BCUT2D eigenvalue weighted by atomic mass is 16.5. The number of aryl methyl sites for hydroxylation is 1. The summed E-state index contributed by atoms with van der Waals surface area (Å²) in [6.07, 6.45) is 1.66. The van der Waals surface area contributed by atoms with Crippen LogP contribution in [0.25, 0.3) is 0 Å². The molecule has 2 atom stereocenters. The van der Waals surface area contributed by atoms with Crippen LogP contribution in [0.4, 0.5) is 0 Å². The first-order valence-corrected chi connectivity index (χ1v) is 8.84. The van der Waals surface area contributed by atoms with E-state index < -0.39 is 11.9 Å². The van der Waals surface area contributed by atoms with Gasteiger partial charge in [-0.3, -0.25) is 4.90 Å². The summed E-state index contributed by atoms with van der Waals surface area (Å²) in [5.41, 5.74) is 1.18. The van der Waals surface area contributed by atoms with E-state index in [1.165, 1.54) is 5.56 Å². The van der Waals surface area contributed by atoms with Crippen molar-refractivity contribution in [1.29, 1.82) is 0 Å². The number of hydrogen-bond acceptors (Lipinski definition) is 6.